The zero-order valence-electron chi connectivity index (χ0n) is 8.81. The fourth-order valence-electron chi connectivity index (χ4n) is 2.07. The fourth-order valence-corrected chi connectivity index (χ4v) is 2.49. The third kappa shape index (κ3) is 1.67. The Labute approximate surface area is 90.7 Å². The third-order valence-corrected chi connectivity index (χ3v) is 3.46. The number of aryl methyl sites for hydroxylation is 1. The molecule has 0 N–H and O–H groups in total. The van der Waals surface area contributed by atoms with E-state index in [0.29, 0.717) is 0 Å². The van der Waals surface area contributed by atoms with Crippen molar-refractivity contribution in [2.45, 2.75) is 26.3 Å². The molecule has 1 aromatic carbocycles. The maximum atomic E-state index is 6.36. The minimum absolute atomic E-state index is 1.01. The van der Waals surface area contributed by atoms with Crippen LogP contribution >= 0.6 is 11.6 Å². The first-order valence-electron chi connectivity index (χ1n) is 5.20. The molecule has 0 bridgehead atoms. The average Bonchev–Trinajstić information content (AvgIpc) is 2.18. The van der Waals surface area contributed by atoms with Gasteiger partial charge in [0, 0.05) is 18.1 Å². The topological polar surface area (TPSA) is 3.24 Å². The fraction of sp³-hybridized carbons (Fsp3) is 0.500. The molecule has 0 unspecified atom stereocenters. The van der Waals surface area contributed by atoms with Crippen LogP contribution in [0, 0.1) is 0 Å². The number of fused-ring (bicyclic) bond motifs is 1. The lowest BCUT2D eigenvalue weighted by atomic mass is 9.96. The Kier molecular flexibility index (Phi) is 2.80. The van der Waals surface area contributed by atoms with E-state index in [2.05, 4.69) is 31.0 Å². The van der Waals surface area contributed by atoms with E-state index >= 15 is 0 Å². The third-order valence-electron chi connectivity index (χ3n) is 2.98. The van der Waals surface area contributed by atoms with Gasteiger partial charge < -0.3 is 4.90 Å². The van der Waals surface area contributed by atoms with Crippen LogP contribution in [-0.4, -0.2) is 18.5 Å². The van der Waals surface area contributed by atoms with Gasteiger partial charge in [0.05, 0.1) is 0 Å². The second-order valence-corrected chi connectivity index (χ2v) is 4.40. The summed E-state index contributed by atoms with van der Waals surface area (Å²) < 4.78 is 0. The van der Waals surface area contributed by atoms with E-state index in [1.54, 1.807) is 0 Å². The van der Waals surface area contributed by atoms with Crippen LogP contribution in [0.15, 0.2) is 12.1 Å². The second-order valence-electron chi connectivity index (χ2n) is 4.02. The first kappa shape index (κ1) is 10.0. The summed E-state index contributed by atoms with van der Waals surface area (Å²) in [5.41, 5.74) is 4.07. The zero-order valence-corrected chi connectivity index (χ0v) is 9.56. The molecule has 0 spiro atoms. The highest BCUT2D eigenvalue weighted by Crippen LogP contribution is 2.29. The molecule has 0 saturated carbocycles. The standard InChI is InChI=1S/C12H16ClN/c1-3-9-4-5-10-8-14(2)7-6-11(10)12(9)13/h4-5H,3,6-8H2,1-2H3. The average molecular weight is 210 g/mol. The van der Waals surface area contributed by atoms with Crippen molar-refractivity contribution in [1.29, 1.82) is 0 Å². The summed E-state index contributed by atoms with van der Waals surface area (Å²) in [5.74, 6) is 0. The Bertz CT molecular complexity index is 346. The highest BCUT2D eigenvalue weighted by molar-refractivity contribution is 6.32. The van der Waals surface area contributed by atoms with Gasteiger partial charge in [-0.3, -0.25) is 0 Å². The van der Waals surface area contributed by atoms with Gasteiger partial charge in [-0.15, -0.1) is 0 Å². The van der Waals surface area contributed by atoms with Crippen LogP contribution in [0.3, 0.4) is 0 Å². The molecule has 0 amide bonds. The van der Waals surface area contributed by atoms with Gasteiger partial charge in [0.1, 0.15) is 0 Å². The molecule has 0 atom stereocenters. The van der Waals surface area contributed by atoms with Crippen LogP contribution in [0.4, 0.5) is 0 Å². The van der Waals surface area contributed by atoms with Gasteiger partial charge in [0.15, 0.2) is 0 Å². The molecule has 2 heteroatoms. The Morgan fingerprint density at radius 2 is 2.21 bits per heavy atom. The summed E-state index contributed by atoms with van der Waals surface area (Å²) in [6.45, 7) is 4.32. The Balaban J connectivity index is 2.43. The van der Waals surface area contributed by atoms with E-state index < -0.39 is 0 Å². The summed E-state index contributed by atoms with van der Waals surface area (Å²) in [4.78, 5) is 2.34. The molecule has 0 saturated heterocycles. The first-order chi connectivity index (χ1) is 6.72. The minimum Gasteiger partial charge on any atom is -0.302 e. The molecular formula is C12H16ClN. The summed E-state index contributed by atoms with van der Waals surface area (Å²) >= 11 is 6.36. The number of likely N-dealkylation sites (N-methyl/N-ethyl adjacent to an activating group) is 1. The smallest absolute Gasteiger partial charge is 0.0473 e. The maximum absolute atomic E-state index is 6.36. The summed E-state index contributed by atoms with van der Waals surface area (Å²) in [5, 5.41) is 1.01. The highest BCUT2D eigenvalue weighted by atomic mass is 35.5. The van der Waals surface area contributed by atoms with E-state index in [1.807, 2.05) is 0 Å². The molecule has 1 aliphatic rings. The van der Waals surface area contributed by atoms with E-state index in [9.17, 15) is 0 Å². The predicted molar refractivity (Wildman–Crippen MR) is 60.9 cm³/mol. The quantitative estimate of drug-likeness (QED) is 0.688. The number of hydrogen-bond donors (Lipinski definition) is 0. The van der Waals surface area contributed by atoms with E-state index in [4.69, 9.17) is 11.6 Å². The molecule has 1 nitrogen and oxygen atoms in total. The lowest BCUT2D eigenvalue weighted by Crippen LogP contribution is -2.26. The van der Waals surface area contributed by atoms with E-state index in [0.717, 1.165) is 31.0 Å². The largest absolute Gasteiger partial charge is 0.302 e. The van der Waals surface area contributed by atoms with Gasteiger partial charge in [0.25, 0.3) is 0 Å². The number of nitrogens with zero attached hydrogens (tertiary/aromatic N) is 1. The van der Waals surface area contributed by atoms with Crippen molar-refractivity contribution in [2.75, 3.05) is 13.6 Å². The summed E-state index contributed by atoms with van der Waals surface area (Å²) in [6.07, 6.45) is 2.13. The van der Waals surface area contributed by atoms with Crippen molar-refractivity contribution in [3.8, 4) is 0 Å². The maximum Gasteiger partial charge on any atom is 0.0473 e. The minimum atomic E-state index is 1.01. The Morgan fingerprint density at radius 1 is 1.43 bits per heavy atom. The van der Waals surface area contributed by atoms with Crippen LogP contribution in [0.5, 0.6) is 0 Å². The van der Waals surface area contributed by atoms with Gasteiger partial charge in [-0.1, -0.05) is 30.7 Å². The lowest BCUT2D eigenvalue weighted by Gasteiger charge is -2.26. The molecular weight excluding hydrogens is 194 g/mol. The van der Waals surface area contributed by atoms with Crippen molar-refractivity contribution >= 4 is 11.6 Å². The van der Waals surface area contributed by atoms with Crippen molar-refractivity contribution in [3.63, 3.8) is 0 Å². The predicted octanol–water partition coefficient (Wildman–Crippen LogP) is 2.89. The number of halogens is 1. The van der Waals surface area contributed by atoms with Crippen LogP contribution < -0.4 is 0 Å². The normalized spacial score (nSPS) is 16.8. The molecule has 0 aromatic heterocycles. The van der Waals surface area contributed by atoms with Crippen LogP contribution in [-0.2, 0) is 19.4 Å². The van der Waals surface area contributed by atoms with Crippen molar-refractivity contribution in [3.05, 3.63) is 33.8 Å². The van der Waals surface area contributed by atoms with Gasteiger partial charge >= 0.3 is 0 Å². The van der Waals surface area contributed by atoms with Gasteiger partial charge in [-0.2, -0.15) is 0 Å². The summed E-state index contributed by atoms with van der Waals surface area (Å²) in [6, 6.07) is 4.40. The molecule has 1 aliphatic heterocycles. The Hall–Kier alpha value is -0.530. The van der Waals surface area contributed by atoms with Crippen LogP contribution in [0.1, 0.15) is 23.6 Å². The monoisotopic (exact) mass is 209 g/mol. The first-order valence-corrected chi connectivity index (χ1v) is 5.58. The molecule has 0 fully saturated rings. The summed E-state index contributed by atoms with van der Waals surface area (Å²) in [7, 11) is 2.16. The zero-order chi connectivity index (χ0) is 10.1. The number of rotatable bonds is 1. The SMILES string of the molecule is CCc1ccc2c(c1Cl)CCN(C)C2. The van der Waals surface area contributed by atoms with E-state index in [-0.39, 0.29) is 0 Å². The highest BCUT2D eigenvalue weighted by Gasteiger charge is 2.16. The molecule has 14 heavy (non-hydrogen) atoms. The number of benzene rings is 1. The molecule has 0 aliphatic carbocycles. The van der Waals surface area contributed by atoms with Crippen LogP contribution in [0.25, 0.3) is 0 Å². The van der Waals surface area contributed by atoms with E-state index in [1.165, 1.54) is 16.7 Å². The molecule has 1 heterocycles. The lowest BCUT2D eigenvalue weighted by molar-refractivity contribution is 0.313. The van der Waals surface area contributed by atoms with Crippen LogP contribution in [0.2, 0.25) is 5.02 Å². The molecule has 2 rings (SSSR count). The Morgan fingerprint density at radius 3 is 2.93 bits per heavy atom. The molecule has 0 radical (unpaired) electrons. The van der Waals surface area contributed by atoms with Gasteiger partial charge in [0.2, 0.25) is 0 Å². The number of hydrogen-bond acceptors (Lipinski definition) is 1. The second kappa shape index (κ2) is 3.92. The van der Waals surface area contributed by atoms with Gasteiger partial charge in [-0.25, -0.2) is 0 Å². The molecule has 76 valence electrons. The van der Waals surface area contributed by atoms with Gasteiger partial charge in [-0.05, 0) is 36.6 Å². The van der Waals surface area contributed by atoms with Crippen molar-refractivity contribution < 1.29 is 0 Å². The van der Waals surface area contributed by atoms with Crippen molar-refractivity contribution in [1.82, 2.24) is 4.90 Å². The van der Waals surface area contributed by atoms with Crippen molar-refractivity contribution in [2.24, 2.45) is 0 Å². The molecule has 1 aromatic rings.